The van der Waals surface area contributed by atoms with Crippen LogP contribution in [0.5, 0.6) is 29.4 Å². The first-order valence-corrected chi connectivity index (χ1v) is 52.8. The van der Waals surface area contributed by atoms with Gasteiger partial charge in [-0.3, -0.25) is 34.1 Å². The molecule has 0 aromatic carbocycles. The molecule has 5 saturated heterocycles. The Bertz CT molecular complexity index is 6520. The lowest BCUT2D eigenvalue weighted by Crippen LogP contribution is -2.54. The van der Waals surface area contributed by atoms with Gasteiger partial charge in [0, 0.05) is 285 Å². The van der Waals surface area contributed by atoms with Gasteiger partial charge in [-0.2, -0.15) is 0 Å². The van der Waals surface area contributed by atoms with E-state index in [4.69, 9.17) is 28.7 Å². The van der Waals surface area contributed by atoms with Crippen LogP contribution in [0.4, 0.5) is 37.9 Å². The maximum atomic E-state index is 13.4. The lowest BCUT2D eigenvalue weighted by molar-refractivity contribution is -0.0221. The molecule has 20 rings (SSSR count). The molecule has 0 amide bonds. The Hall–Kier alpha value is -12.5. The molecule has 20 heterocycles. The summed E-state index contributed by atoms with van der Waals surface area (Å²) in [5.41, 5.74) is 19.0. The van der Waals surface area contributed by atoms with Crippen LogP contribution < -0.4 is 48.2 Å². The molecule has 139 heavy (non-hydrogen) atoms. The third-order valence-corrected chi connectivity index (χ3v) is 28.9. The highest BCUT2D eigenvalue weighted by atomic mass is 32.2. The number of likely N-dealkylation sites (N-methyl/N-ethyl adjacent to an activating group) is 1. The summed E-state index contributed by atoms with van der Waals surface area (Å²) in [6, 6.07) is 24.1. The van der Waals surface area contributed by atoms with Crippen LogP contribution in [0.1, 0.15) is 193 Å². The standard InChI is InChI=1S/C23H31N5O.C20H26N6O3S.C19H21F2N5O.C19H22N4O3S.C18H21N5O2S/c1-5-27(6-2)19-8-10-28(15-19)21-11-17(7-9-24-21)23-20-12-22(29-16(3)4)25-13-18(20)14-26-23;1-14(2)29-19-9-16-15(11-21-19)12-22-20(16)17-10-18(24-13-23-17)25-5-4-6-26(8-7-25)30(3,27)28;1-12(2)27-17-7-14-13(9-22-17)10-23-18(14)15-8-16(25-11-24-15)26-5-3-19(20,21)4-6-26;1-12(2)26-18-7-16-14(8-21-18)9-22-19(16)13-4-5-20-17(6-13)23-10-15(11-23)27(3,24)25;1-12(2)25-17-7-14-13(9-19-17)10-20-18(14)15-8-16(22-11-21-15)23-3-5-26(24)6-4-23/h7,9,11-13,16,19H,5-6,8,10,14-15H2,1-4H3;9-11,13-14H,4-8,12H2,1-3H3;7-9,11-12H,3-6,10H2,1-2H3;4-8,12,15H,9-11H2,1-3H3;7-9,11-12H,3-6,10H2,1-2H3. The van der Waals surface area contributed by atoms with E-state index in [0.29, 0.717) is 124 Å². The molecule has 0 aliphatic carbocycles. The zero-order chi connectivity index (χ0) is 98.0. The first-order valence-electron chi connectivity index (χ1n) is 47.5. The van der Waals surface area contributed by atoms with Crippen molar-refractivity contribution in [2.75, 3.05) is 140 Å². The van der Waals surface area contributed by atoms with Gasteiger partial charge in [-0.05, 0) is 119 Å². The van der Waals surface area contributed by atoms with Crippen LogP contribution in [0.25, 0.3) is 0 Å². The summed E-state index contributed by atoms with van der Waals surface area (Å²) in [6.45, 7) is 36.8. The fourth-order valence-corrected chi connectivity index (χ4v) is 20.5. The van der Waals surface area contributed by atoms with Gasteiger partial charge in [0.2, 0.25) is 39.4 Å². The fraction of sp³-hybridized carbons (Fsp3) is 0.475. The van der Waals surface area contributed by atoms with E-state index in [9.17, 15) is 29.8 Å². The van der Waals surface area contributed by atoms with Crippen LogP contribution >= 0.6 is 0 Å². The van der Waals surface area contributed by atoms with Gasteiger partial charge in [0.25, 0.3) is 5.92 Å². The number of aromatic nitrogens is 13. The minimum absolute atomic E-state index is 0.0280. The van der Waals surface area contributed by atoms with E-state index < -0.39 is 36.6 Å². The minimum atomic E-state index is -3.19. The topological polar surface area (TPSA) is 384 Å². The molecule has 0 N–H and O–H groups in total. The van der Waals surface area contributed by atoms with Crippen LogP contribution in [0.3, 0.4) is 0 Å². The largest absolute Gasteiger partial charge is 0.475 e. The molecule has 40 heteroatoms. The van der Waals surface area contributed by atoms with E-state index in [2.05, 4.69) is 130 Å². The highest BCUT2D eigenvalue weighted by Gasteiger charge is 2.38. The predicted octanol–water partition coefficient (Wildman–Crippen LogP) is 11.7. The highest BCUT2D eigenvalue weighted by Crippen LogP contribution is 2.37. The molecule has 0 bridgehead atoms. The molecule has 0 radical (unpaired) electrons. The van der Waals surface area contributed by atoms with Gasteiger partial charge in [0.15, 0.2) is 9.84 Å². The van der Waals surface area contributed by atoms with Gasteiger partial charge in [0.05, 0.1) is 120 Å². The molecule has 10 aromatic heterocycles. The summed E-state index contributed by atoms with van der Waals surface area (Å²) >= 11 is 0. The average molecular weight is 1960 g/mol. The van der Waals surface area contributed by atoms with E-state index in [0.717, 1.165) is 182 Å². The zero-order valence-corrected chi connectivity index (χ0v) is 83.6. The number of alkyl halides is 2. The van der Waals surface area contributed by atoms with Crippen molar-refractivity contribution in [3.63, 3.8) is 0 Å². The molecule has 35 nitrogen and oxygen atoms in total. The SMILES string of the molecule is CC(C)Oc1cc2c(cn1)CN=C2c1cc(N2CCC(F)(F)CC2)ncn1.CC(C)Oc1cc2c(cn1)CN=C2c1cc(N2CCCN(S(C)(=O)=O)CC2)ncn1.CC(C)Oc1cc2c(cn1)CN=C2c1cc(N2CCS(=O)CC2)ncn1.CC(C)Oc1cc2c(cn1)CN=C2c1ccnc(N2CC(S(C)(=O)=O)C2)c1.CCN(CC)C1CCN(c2cc(C3=NCc4cnc(OC(C)C)cc43)ccn2)C1. The Kier molecular flexibility index (Phi) is 31.4. The molecule has 5 fully saturated rings. The van der Waals surface area contributed by atoms with Crippen molar-refractivity contribution in [1.82, 2.24) is 74.0 Å². The second-order valence-electron chi connectivity index (χ2n) is 36.8. The van der Waals surface area contributed by atoms with Crippen molar-refractivity contribution in [3.05, 3.63) is 219 Å². The zero-order valence-electron chi connectivity index (χ0n) is 81.2. The van der Waals surface area contributed by atoms with Crippen LogP contribution in [-0.2, 0) is 63.4 Å². The second-order valence-corrected chi connectivity index (χ2v) is 42.8. The molecule has 1 unspecified atom stereocenters. The number of rotatable bonds is 25. The summed E-state index contributed by atoms with van der Waals surface area (Å²) in [5, 5.41) is -0.311. The Morgan fingerprint density at radius 1 is 0.396 bits per heavy atom. The monoisotopic (exact) mass is 1950 g/mol. The van der Waals surface area contributed by atoms with E-state index in [-0.39, 0.29) is 61.7 Å². The number of hydrogen-bond donors (Lipinski definition) is 0. The number of fused-ring (bicyclic) bond motifs is 5. The lowest BCUT2D eigenvalue weighted by Gasteiger charge is -2.38. The summed E-state index contributed by atoms with van der Waals surface area (Å²) in [6.07, 6.45) is 21.8. The minimum Gasteiger partial charge on any atom is -0.475 e. The molecule has 10 aliphatic heterocycles. The van der Waals surface area contributed by atoms with Crippen molar-refractivity contribution in [1.29, 1.82) is 0 Å². The number of hydrogen-bond acceptors (Lipinski definition) is 34. The van der Waals surface area contributed by atoms with Gasteiger partial charge in [0.1, 0.15) is 48.1 Å². The number of ether oxygens (including phenoxy) is 5. The van der Waals surface area contributed by atoms with E-state index in [1.165, 1.54) is 35.9 Å². The Balaban J connectivity index is 0.000000126. The van der Waals surface area contributed by atoms with Crippen molar-refractivity contribution >= 4 is 88.3 Å². The van der Waals surface area contributed by atoms with E-state index in [1.54, 1.807) is 24.9 Å². The molecule has 1 atom stereocenters. The highest BCUT2D eigenvalue weighted by molar-refractivity contribution is 7.91. The Morgan fingerprint density at radius 3 is 1.10 bits per heavy atom. The van der Waals surface area contributed by atoms with Gasteiger partial charge >= 0.3 is 0 Å². The maximum absolute atomic E-state index is 13.4. The first-order chi connectivity index (χ1) is 66.7. The van der Waals surface area contributed by atoms with Crippen molar-refractivity contribution in [3.8, 4) is 29.4 Å². The number of nitrogens with zero attached hydrogens (tertiary/aromatic N) is 25. The third kappa shape index (κ3) is 24.8. The average Bonchev–Trinajstić information content (AvgIpc) is 1.67. The van der Waals surface area contributed by atoms with Crippen molar-refractivity contribution < 1.29 is 53.5 Å². The molecular weight excluding hydrogens is 1830 g/mol. The smallest absolute Gasteiger partial charge is 0.251 e. The molecule has 10 aromatic rings. The normalized spacial score (nSPS) is 17.8. The second kappa shape index (κ2) is 43.9. The van der Waals surface area contributed by atoms with Crippen LogP contribution in [0.15, 0.2) is 160 Å². The predicted molar refractivity (Wildman–Crippen MR) is 535 cm³/mol. The van der Waals surface area contributed by atoms with Crippen molar-refractivity contribution in [2.45, 2.75) is 189 Å². The summed E-state index contributed by atoms with van der Waals surface area (Å²) < 4.78 is 116. The van der Waals surface area contributed by atoms with Gasteiger partial charge in [-0.1, -0.05) is 13.8 Å². The molecule has 0 saturated carbocycles. The van der Waals surface area contributed by atoms with E-state index in [1.807, 2.05) is 164 Å². The van der Waals surface area contributed by atoms with E-state index >= 15 is 0 Å². The third-order valence-electron chi connectivity index (χ3n) is 24.8. The number of halogens is 2. The van der Waals surface area contributed by atoms with Crippen LogP contribution in [0.2, 0.25) is 0 Å². The number of sulfonamides is 1. The summed E-state index contributed by atoms with van der Waals surface area (Å²) in [7, 11) is -6.90. The van der Waals surface area contributed by atoms with Gasteiger partial charge in [-0.15, -0.1) is 0 Å². The number of piperidine rings is 1. The maximum Gasteiger partial charge on any atom is 0.251 e. The molecule has 10 aliphatic rings. The fourth-order valence-electron chi connectivity index (χ4n) is 17.7. The number of aliphatic imine (C=N–C) groups is 5. The molecule has 734 valence electrons. The van der Waals surface area contributed by atoms with Crippen LogP contribution in [-0.4, -0.2) is 287 Å². The lowest BCUT2D eigenvalue weighted by atomic mass is 10.0. The Labute approximate surface area is 813 Å². The van der Waals surface area contributed by atoms with Gasteiger partial charge < -0.3 is 48.2 Å². The molecular formula is C99H121F2N25O10S3. The van der Waals surface area contributed by atoms with Crippen molar-refractivity contribution in [2.24, 2.45) is 25.0 Å². The number of sulfone groups is 1. The molecule has 0 spiro atoms. The quantitative estimate of drug-likeness (QED) is 0.0513. The van der Waals surface area contributed by atoms with Crippen LogP contribution in [0, 0.1) is 0 Å². The number of pyridine rings is 7. The Morgan fingerprint density at radius 2 is 0.741 bits per heavy atom. The summed E-state index contributed by atoms with van der Waals surface area (Å²) in [4.78, 5) is 93.6. The first kappa shape index (κ1) is 99.5. The summed E-state index contributed by atoms with van der Waals surface area (Å²) in [5.74, 6) is 5.85. The number of anilines is 5. The van der Waals surface area contributed by atoms with Gasteiger partial charge in [-0.25, -0.2) is 94.7 Å².